The number of aromatic nitrogens is 3. The highest BCUT2D eigenvalue weighted by molar-refractivity contribution is 9.10. The number of thiazole rings is 1. The predicted molar refractivity (Wildman–Crippen MR) is 62.4 cm³/mol. The van der Waals surface area contributed by atoms with Gasteiger partial charge >= 0.3 is 0 Å². The van der Waals surface area contributed by atoms with Crippen molar-refractivity contribution >= 4 is 38.9 Å². The average Bonchev–Trinajstić information content (AvgIpc) is 2.59. The molecule has 2 rings (SSSR count). The minimum absolute atomic E-state index is 0.116. The summed E-state index contributed by atoms with van der Waals surface area (Å²) in [7, 11) is 0. The van der Waals surface area contributed by atoms with E-state index in [1.54, 1.807) is 6.20 Å². The van der Waals surface area contributed by atoms with Crippen molar-refractivity contribution in [3.05, 3.63) is 42.9 Å². The average molecular weight is 307 g/mol. The van der Waals surface area contributed by atoms with E-state index in [1.807, 2.05) is 0 Å². The molecule has 0 aliphatic carbocycles. The number of rotatable bonds is 2. The molecule has 0 unspecified atom stereocenters. The molecule has 0 bridgehead atoms. The second-order valence-corrected chi connectivity index (χ2v) is 5.31. The lowest BCUT2D eigenvalue weighted by atomic mass is 10.5. The smallest absolute Gasteiger partial charge is 0.267 e. The van der Waals surface area contributed by atoms with Gasteiger partial charge < -0.3 is 0 Å². The van der Waals surface area contributed by atoms with Crippen LogP contribution in [0.25, 0.3) is 0 Å². The van der Waals surface area contributed by atoms with Crippen molar-refractivity contribution in [3.63, 3.8) is 0 Å². The van der Waals surface area contributed by atoms with Crippen LogP contribution in [-0.2, 0) is 6.54 Å². The van der Waals surface area contributed by atoms with Crippen LogP contribution in [0.3, 0.4) is 0 Å². The zero-order chi connectivity index (χ0) is 10.8. The molecule has 2 aromatic heterocycles. The zero-order valence-electron chi connectivity index (χ0n) is 7.35. The van der Waals surface area contributed by atoms with Crippen molar-refractivity contribution in [1.29, 1.82) is 0 Å². The van der Waals surface area contributed by atoms with Crippen LogP contribution in [0.5, 0.6) is 0 Å². The Balaban J connectivity index is 2.32. The van der Waals surface area contributed by atoms with Crippen LogP contribution in [0.1, 0.15) is 4.88 Å². The summed E-state index contributed by atoms with van der Waals surface area (Å²) in [6.45, 7) is 0.440. The number of nitrogens with zero attached hydrogens (tertiary/aromatic N) is 3. The lowest BCUT2D eigenvalue weighted by Crippen LogP contribution is -2.20. The van der Waals surface area contributed by atoms with E-state index in [2.05, 4.69) is 25.9 Å². The Morgan fingerprint density at radius 1 is 1.53 bits per heavy atom. The molecule has 0 fully saturated rings. The minimum Gasteiger partial charge on any atom is -0.293 e. The minimum atomic E-state index is -0.116. The van der Waals surface area contributed by atoms with Gasteiger partial charge in [-0.05, 0) is 15.9 Å². The van der Waals surface area contributed by atoms with Crippen LogP contribution in [-0.4, -0.2) is 14.5 Å². The monoisotopic (exact) mass is 305 g/mol. The fourth-order valence-corrected chi connectivity index (χ4v) is 2.38. The number of hydrogen-bond donors (Lipinski definition) is 0. The van der Waals surface area contributed by atoms with E-state index < -0.39 is 0 Å². The van der Waals surface area contributed by atoms with Crippen molar-refractivity contribution in [2.45, 2.75) is 6.54 Å². The molecule has 0 aliphatic rings. The fraction of sp³-hybridized carbons (Fsp3) is 0.125. The van der Waals surface area contributed by atoms with Crippen molar-refractivity contribution in [2.24, 2.45) is 0 Å². The fourth-order valence-electron chi connectivity index (χ4n) is 1.06. The maximum absolute atomic E-state index is 11.6. The highest BCUT2D eigenvalue weighted by Gasteiger charge is 2.04. The Labute approximate surface area is 103 Å². The maximum atomic E-state index is 11.6. The molecule has 0 N–H and O–H groups in total. The van der Waals surface area contributed by atoms with Gasteiger partial charge in [-0.3, -0.25) is 9.36 Å². The molecule has 0 aromatic carbocycles. The van der Waals surface area contributed by atoms with Crippen LogP contribution in [0.15, 0.2) is 28.0 Å². The van der Waals surface area contributed by atoms with E-state index in [0.29, 0.717) is 15.5 Å². The largest absolute Gasteiger partial charge is 0.293 e. The topological polar surface area (TPSA) is 47.8 Å². The molecule has 0 atom stereocenters. The van der Waals surface area contributed by atoms with Crippen molar-refractivity contribution in [3.8, 4) is 0 Å². The third-order valence-electron chi connectivity index (χ3n) is 1.71. The van der Waals surface area contributed by atoms with Crippen LogP contribution in [0, 0.1) is 0 Å². The van der Waals surface area contributed by atoms with E-state index in [1.165, 1.54) is 28.4 Å². The Bertz CT molecular complexity index is 539. The molecule has 15 heavy (non-hydrogen) atoms. The third-order valence-corrected chi connectivity index (χ3v) is 3.35. The summed E-state index contributed by atoms with van der Waals surface area (Å²) in [5.74, 6) is 0. The van der Waals surface area contributed by atoms with Gasteiger partial charge in [0.2, 0.25) is 0 Å². The molecule has 2 aromatic rings. The first kappa shape index (κ1) is 10.8. The van der Waals surface area contributed by atoms with Crippen molar-refractivity contribution < 1.29 is 0 Å². The Morgan fingerprint density at radius 2 is 2.33 bits per heavy atom. The summed E-state index contributed by atoms with van der Waals surface area (Å²) in [6.07, 6.45) is 4.61. The summed E-state index contributed by atoms with van der Waals surface area (Å²) in [5.41, 5.74) is -0.116. The zero-order valence-corrected chi connectivity index (χ0v) is 10.5. The van der Waals surface area contributed by atoms with Gasteiger partial charge in [0.25, 0.3) is 5.56 Å². The first-order valence-electron chi connectivity index (χ1n) is 3.97. The van der Waals surface area contributed by atoms with Crippen LogP contribution in [0.4, 0.5) is 0 Å². The molecule has 0 radical (unpaired) electrons. The quantitative estimate of drug-likeness (QED) is 0.854. The van der Waals surface area contributed by atoms with E-state index in [-0.39, 0.29) is 5.56 Å². The SMILES string of the molecule is O=c1c(Br)cncn1Cc1cnc(Cl)s1. The number of hydrogen-bond acceptors (Lipinski definition) is 4. The molecule has 0 saturated heterocycles. The summed E-state index contributed by atoms with van der Waals surface area (Å²) >= 11 is 10.2. The first-order chi connectivity index (χ1) is 7.16. The first-order valence-corrected chi connectivity index (χ1v) is 5.95. The van der Waals surface area contributed by atoms with Gasteiger partial charge in [0, 0.05) is 17.3 Å². The van der Waals surface area contributed by atoms with Crippen LogP contribution >= 0.6 is 38.9 Å². The summed E-state index contributed by atoms with van der Waals surface area (Å²) < 4.78 is 2.41. The standard InChI is InChI=1S/C8H5BrClN3OS/c9-6-2-11-4-13(7(6)14)3-5-1-12-8(10)15-5/h1-2,4H,3H2. The molecule has 0 spiro atoms. The van der Waals surface area contributed by atoms with E-state index in [0.717, 1.165) is 4.88 Å². The highest BCUT2D eigenvalue weighted by Crippen LogP contribution is 2.18. The van der Waals surface area contributed by atoms with Gasteiger partial charge in [0.1, 0.15) is 4.47 Å². The van der Waals surface area contributed by atoms with Gasteiger partial charge in [-0.25, -0.2) is 9.97 Å². The van der Waals surface area contributed by atoms with Gasteiger partial charge in [-0.1, -0.05) is 11.6 Å². The Morgan fingerprint density at radius 3 is 3.00 bits per heavy atom. The van der Waals surface area contributed by atoms with Crippen LogP contribution < -0.4 is 5.56 Å². The normalized spacial score (nSPS) is 10.5. The predicted octanol–water partition coefficient (Wildman–Crippen LogP) is 2.16. The van der Waals surface area contributed by atoms with Crippen molar-refractivity contribution in [2.75, 3.05) is 0 Å². The molecular formula is C8H5BrClN3OS. The van der Waals surface area contributed by atoms with Gasteiger partial charge in [0.05, 0.1) is 12.9 Å². The molecule has 0 amide bonds. The van der Waals surface area contributed by atoms with Gasteiger partial charge in [-0.15, -0.1) is 11.3 Å². The van der Waals surface area contributed by atoms with E-state index in [9.17, 15) is 4.79 Å². The van der Waals surface area contributed by atoms with Gasteiger partial charge in [0.15, 0.2) is 4.47 Å². The third kappa shape index (κ3) is 2.45. The maximum Gasteiger partial charge on any atom is 0.267 e. The molecule has 0 aliphatic heterocycles. The number of halogens is 2. The summed E-state index contributed by atoms with van der Waals surface area (Å²) in [6, 6.07) is 0. The summed E-state index contributed by atoms with van der Waals surface area (Å²) in [5, 5.41) is 0. The van der Waals surface area contributed by atoms with E-state index >= 15 is 0 Å². The van der Waals surface area contributed by atoms with Gasteiger partial charge in [-0.2, -0.15) is 0 Å². The summed E-state index contributed by atoms with van der Waals surface area (Å²) in [4.78, 5) is 20.3. The molecule has 7 heteroatoms. The Kier molecular flexibility index (Phi) is 3.18. The van der Waals surface area contributed by atoms with E-state index in [4.69, 9.17) is 11.6 Å². The van der Waals surface area contributed by atoms with Crippen LogP contribution in [0.2, 0.25) is 4.47 Å². The highest BCUT2D eigenvalue weighted by atomic mass is 79.9. The molecule has 2 heterocycles. The molecule has 4 nitrogen and oxygen atoms in total. The second kappa shape index (κ2) is 4.42. The lowest BCUT2D eigenvalue weighted by Gasteiger charge is -2.01. The molecule has 0 saturated carbocycles. The second-order valence-electron chi connectivity index (χ2n) is 2.75. The lowest BCUT2D eigenvalue weighted by molar-refractivity contribution is 0.738. The molecular weight excluding hydrogens is 302 g/mol. The van der Waals surface area contributed by atoms with Crippen molar-refractivity contribution in [1.82, 2.24) is 14.5 Å². The molecule has 78 valence electrons. The Hall–Kier alpha value is -0.720.